The number of thiazole rings is 1. The Hall–Kier alpha value is -0.900. The Kier molecular flexibility index (Phi) is 2.59. The molecule has 1 aromatic heterocycles. The van der Waals surface area contributed by atoms with Crippen molar-refractivity contribution in [1.82, 2.24) is 9.88 Å². The summed E-state index contributed by atoms with van der Waals surface area (Å²) in [5.74, 6) is 0.0537. The lowest BCUT2D eigenvalue weighted by molar-refractivity contribution is -0.128. The fourth-order valence-electron chi connectivity index (χ4n) is 0.633. The SMILES string of the molecule is CC(=O)N(C)Cc1cs[c]n1. The van der Waals surface area contributed by atoms with Crippen LogP contribution in [0.2, 0.25) is 0 Å². The van der Waals surface area contributed by atoms with Crippen LogP contribution >= 0.6 is 11.3 Å². The lowest BCUT2D eigenvalue weighted by Gasteiger charge is -2.11. The highest BCUT2D eigenvalue weighted by Crippen LogP contribution is 2.02. The van der Waals surface area contributed by atoms with Gasteiger partial charge in [0, 0.05) is 19.4 Å². The van der Waals surface area contributed by atoms with Crippen LogP contribution in [-0.4, -0.2) is 22.8 Å². The largest absolute Gasteiger partial charge is 0.340 e. The van der Waals surface area contributed by atoms with Gasteiger partial charge >= 0.3 is 0 Å². The van der Waals surface area contributed by atoms with E-state index in [0.29, 0.717) is 6.54 Å². The predicted molar refractivity (Wildman–Crippen MR) is 43.1 cm³/mol. The number of hydrogen-bond acceptors (Lipinski definition) is 3. The van der Waals surface area contributed by atoms with Gasteiger partial charge < -0.3 is 4.90 Å². The lowest BCUT2D eigenvalue weighted by atomic mass is 10.4. The molecule has 1 aromatic rings. The minimum atomic E-state index is 0.0537. The number of rotatable bonds is 2. The minimum Gasteiger partial charge on any atom is -0.340 e. The highest BCUT2D eigenvalue weighted by molar-refractivity contribution is 7.07. The summed E-state index contributed by atoms with van der Waals surface area (Å²) in [4.78, 5) is 16.3. The van der Waals surface area contributed by atoms with Crippen molar-refractivity contribution in [2.45, 2.75) is 13.5 Å². The zero-order valence-electron chi connectivity index (χ0n) is 6.50. The highest BCUT2D eigenvalue weighted by Gasteiger charge is 2.03. The standard InChI is InChI=1S/C7H9N2OS/c1-6(10)9(2)3-7-4-11-5-8-7/h4H,3H2,1-2H3. The topological polar surface area (TPSA) is 33.2 Å². The first-order valence-electron chi connectivity index (χ1n) is 3.22. The summed E-state index contributed by atoms with van der Waals surface area (Å²) in [7, 11) is 1.75. The van der Waals surface area contributed by atoms with Gasteiger partial charge in [-0.25, -0.2) is 4.98 Å². The van der Waals surface area contributed by atoms with Gasteiger partial charge in [-0.3, -0.25) is 4.79 Å². The zero-order valence-corrected chi connectivity index (χ0v) is 7.31. The summed E-state index contributed by atoms with van der Waals surface area (Å²) in [6.45, 7) is 2.12. The molecule has 1 rings (SSSR count). The van der Waals surface area contributed by atoms with Crippen molar-refractivity contribution in [3.63, 3.8) is 0 Å². The molecular formula is C7H9N2OS. The van der Waals surface area contributed by atoms with Gasteiger partial charge in [0.1, 0.15) is 0 Å². The molecule has 0 aliphatic rings. The Bertz CT molecular complexity index is 233. The maximum atomic E-state index is 10.8. The average Bonchev–Trinajstić information content (AvgIpc) is 2.39. The van der Waals surface area contributed by atoms with Gasteiger partial charge in [-0.1, -0.05) is 0 Å². The third kappa shape index (κ3) is 2.31. The molecular weight excluding hydrogens is 160 g/mol. The maximum Gasteiger partial charge on any atom is 0.219 e. The van der Waals surface area contributed by atoms with Gasteiger partial charge in [0.2, 0.25) is 5.91 Å². The first-order chi connectivity index (χ1) is 5.20. The maximum absolute atomic E-state index is 10.8. The number of hydrogen-bond donors (Lipinski definition) is 0. The van der Waals surface area contributed by atoms with Gasteiger partial charge in [0.05, 0.1) is 12.2 Å². The molecule has 11 heavy (non-hydrogen) atoms. The number of carbonyl (C=O) groups excluding carboxylic acids is 1. The smallest absolute Gasteiger partial charge is 0.219 e. The summed E-state index contributed by atoms with van der Waals surface area (Å²) in [6.07, 6.45) is 0. The molecule has 1 amide bonds. The summed E-state index contributed by atoms with van der Waals surface area (Å²) in [5.41, 5.74) is 3.62. The lowest BCUT2D eigenvalue weighted by Crippen LogP contribution is -2.23. The second-order valence-corrected chi connectivity index (χ2v) is 2.96. The Morgan fingerprint density at radius 3 is 3.09 bits per heavy atom. The minimum absolute atomic E-state index is 0.0537. The molecule has 0 saturated carbocycles. The van der Waals surface area contributed by atoms with Crippen molar-refractivity contribution < 1.29 is 4.79 Å². The van der Waals surface area contributed by atoms with E-state index in [-0.39, 0.29) is 5.91 Å². The molecule has 0 aliphatic heterocycles. The molecule has 0 bridgehead atoms. The first kappa shape index (κ1) is 8.20. The normalized spacial score (nSPS) is 9.64. The van der Waals surface area contributed by atoms with Crippen LogP contribution in [0.4, 0.5) is 0 Å². The van der Waals surface area contributed by atoms with Crippen LogP contribution in [0, 0.1) is 5.51 Å². The molecule has 0 spiro atoms. The first-order valence-corrected chi connectivity index (χ1v) is 4.10. The van der Waals surface area contributed by atoms with Crippen LogP contribution in [0.3, 0.4) is 0 Å². The number of nitrogens with zero attached hydrogens (tertiary/aromatic N) is 2. The van der Waals surface area contributed by atoms with Crippen molar-refractivity contribution in [3.8, 4) is 0 Å². The molecule has 3 nitrogen and oxygen atoms in total. The second kappa shape index (κ2) is 3.48. The predicted octanol–water partition coefficient (Wildman–Crippen LogP) is 0.922. The van der Waals surface area contributed by atoms with Gasteiger partial charge in [0.25, 0.3) is 0 Å². The Morgan fingerprint density at radius 2 is 2.64 bits per heavy atom. The van der Waals surface area contributed by atoms with Crippen molar-refractivity contribution in [2.75, 3.05) is 7.05 Å². The summed E-state index contributed by atoms with van der Waals surface area (Å²) >= 11 is 1.42. The average molecular weight is 169 g/mol. The van der Waals surface area contributed by atoms with E-state index in [1.165, 1.54) is 18.3 Å². The molecule has 0 aliphatic carbocycles. The molecule has 0 fully saturated rings. The van der Waals surface area contributed by atoms with Crippen LogP contribution < -0.4 is 0 Å². The second-order valence-electron chi connectivity index (χ2n) is 2.31. The monoisotopic (exact) mass is 169 g/mol. The van der Waals surface area contributed by atoms with Gasteiger partial charge in [0.15, 0.2) is 5.51 Å². The third-order valence-electron chi connectivity index (χ3n) is 1.37. The molecule has 0 saturated heterocycles. The van der Waals surface area contributed by atoms with Gasteiger partial charge in [-0.05, 0) is 0 Å². The molecule has 1 heterocycles. The van der Waals surface area contributed by atoms with E-state index in [1.54, 1.807) is 11.9 Å². The van der Waals surface area contributed by atoms with E-state index in [9.17, 15) is 4.79 Å². The van der Waals surface area contributed by atoms with Gasteiger partial charge in [-0.2, -0.15) is 0 Å². The fourth-order valence-corrected chi connectivity index (χ4v) is 1.12. The quantitative estimate of drug-likeness (QED) is 0.659. The summed E-state index contributed by atoms with van der Waals surface area (Å²) < 4.78 is 0. The molecule has 0 unspecified atom stereocenters. The van der Waals surface area contributed by atoms with E-state index >= 15 is 0 Å². The molecule has 0 N–H and O–H groups in total. The van der Waals surface area contributed by atoms with Crippen molar-refractivity contribution in [1.29, 1.82) is 0 Å². The molecule has 4 heteroatoms. The van der Waals surface area contributed by atoms with Crippen LogP contribution in [0.5, 0.6) is 0 Å². The Morgan fingerprint density at radius 1 is 1.91 bits per heavy atom. The number of amides is 1. The van der Waals surface area contributed by atoms with Crippen molar-refractivity contribution >= 4 is 17.2 Å². The Balaban J connectivity index is 2.50. The van der Waals surface area contributed by atoms with Crippen LogP contribution in [0.15, 0.2) is 5.38 Å². The molecule has 0 atom stereocenters. The Labute approximate surface area is 69.7 Å². The number of carbonyl (C=O) groups is 1. The number of aromatic nitrogens is 1. The molecule has 0 aromatic carbocycles. The zero-order chi connectivity index (χ0) is 8.27. The highest BCUT2D eigenvalue weighted by atomic mass is 32.1. The van der Waals surface area contributed by atoms with E-state index in [4.69, 9.17) is 0 Å². The van der Waals surface area contributed by atoms with Crippen molar-refractivity contribution in [2.24, 2.45) is 0 Å². The molecule has 1 radical (unpaired) electrons. The van der Waals surface area contributed by atoms with Gasteiger partial charge in [-0.15, -0.1) is 11.3 Å². The summed E-state index contributed by atoms with van der Waals surface area (Å²) in [6, 6.07) is 0. The fraction of sp³-hybridized carbons (Fsp3) is 0.429. The van der Waals surface area contributed by atoms with Crippen LogP contribution in [0.1, 0.15) is 12.6 Å². The van der Waals surface area contributed by atoms with Crippen molar-refractivity contribution in [3.05, 3.63) is 16.6 Å². The molecule has 59 valence electrons. The van der Waals surface area contributed by atoms with Crippen LogP contribution in [-0.2, 0) is 11.3 Å². The van der Waals surface area contributed by atoms with E-state index in [2.05, 4.69) is 10.5 Å². The van der Waals surface area contributed by atoms with Crippen LogP contribution in [0.25, 0.3) is 0 Å². The summed E-state index contributed by atoms with van der Waals surface area (Å²) in [5, 5.41) is 1.89. The van der Waals surface area contributed by atoms with E-state index in [0.717, 1.165) is 5.69 Å². The van der Waals surface area contributed by atoms with E-state index < -0.39 is 0 Å². The van der Waals surface area contributed by atoms with E-state index in [1.807, 2.05) is 5.38 Å². The third-order valence-corrected chi connectivity index (χ3v) is 1.96.